The second kappa shape index (κ2) is 5.25. The van der Waals surface area contributed by atoms with Crippen molar-refractivity contribution in [3.8, 4) is 0 Å². The van der Waals surface area contributed by atoms with Gasteiger partial charge in [0.2, 0.25) is 0 Å². The van der Waals surface area contributed by atoms with Crippen LogP contribution in [0, 0.1) is 0 Å². The minimum atomic E-state index is -0.246. The van der Waals surface area contributed by atoms with Crippen molar-refractivity contribution in [2.24, 2.45) is 0 Å². The Hall–Kier alpha value is -1.46. The van der Waals surface area contributed by atoms with Crippen LogP contribution in [0.4, 0.5) is 9.59 Å². The van der Waals surface area contributed by atoms with Crippen LogP contribution in [0.25, 0.3) is 0 Å². The maximum absolute atomic E-state index is 11.6. The largest absolute Gasteiger partial charge is 0.341 e. The maximum Gasteiger partial charge on any atom is 0.317 e. The van der Waals surface area contributed by atoms with Crippen molar-refractivity contribution in [2.45, 2.75) is 38.3 Å². The molecule has 1 saturated heterocycles. The molecular formula is C11H22N4O2. The molecule has 0 aliphatic carbocycles. The van der Waals surface area contributed by atoms with Gasteiger partial charge in [0.1, 0.15) is 0 Å². The summed E-state index contributed by atoms with van der Waals surface area (Å²) in [5.41, 5.74) is -0.246. The molecule has 0 aromatic rings. The van der Waals surface area contributed by atoms with Gasteiger partial charge in [-0.1, -0.05) is 0 Å². The maximum atomic E-state index is 11.6. The van der Waals surface area contributed by atoms with Gasteiger partial charge in [-0.05, 0) is 26.7 Å². The molecule has 0 aromatic carbocycles. The normalized spacial score (nSPS) is 28.5. The van der Waals surface area contributed by atoms with E-state index < -0.39 is 0 Å². The fraction of sp³-hybridized carbons (Fsp3) is 0.818. The molecule has 98 valence electrons. The molecule has 2 atom stereocenters. The lowest BCUT2D eigenvalue weighted by atomic mass is 9.85. The second-order valence-electron chi connectivity index (χ2n) is 4.82. The van der Waals surface area contributed by atoms with E-state index in [0.29, 0.717) is 6.54 Å². The average Bonchev–Trinajstić information content (AvgIpc) is 2.27. The minimum Gasteiger partial charge on any atom is -0.341 e. The standard InChI is InChI=1S/C11H22N4O2/c1-8-7-11(2,14-9(16)12-3)5-6-15(8)10(17)13-4/h8H,5-7H2,1-4H3,(H,13,17)(H2,12,14,16). The van der Waals surface area contributed by atoms with Gasteiger partial charge in [-0.25, -0.2) is 9.59 Å². The Bertz CT molecular complexity index is 308. The van der Waals surface area contributed by atoms with Crippen LogP contribution in [0.5, 0.6) is 0 Å². The van der Waals surface area contributed by atoms with Crippen LogP contribution in [0.3, 0.4) is 0 Å². The minimum absolute atomic E-state index is 0.0560. The first-order valence-corrected chi connectivity index (χ1v) is 5.90. The van der Waals surface area contributed by atoms with E-state index in [0.717, 1.165) is 12.8 Å². The van der Waals surface area contributed by atoms with E-state index in [-0.39, 0.29) is 23.6 Å². The summed E-state index contributed by atoms with van der Waals surface area (Å²) in [5.74, 6) is 0. The van der Waals surface area contributed by atoms with E-state index in [2.05, 4.69) is 16.0 Å². The van der Waals surface area contributed by atoms with Gasteiger partial charge < -0.3 is 20.9 Å². The molecule has 1 aliphatic rings. The van der Waals surface area contributed by atoms with Crippen LogP contribution in [-0.2, 0) is 0 Å². The SMILES string of the molecule is CNC(=O)NC1(C)CCN(C(=O)NC)C(C)C1. The number of hydrogen-bond acceptors (Lipinski definition) is 2. The summed E-state index contributed by atoms with van der Waals surface area (Å²) in [4.78, 5) is 24.7. The van der Waals surface area contributed by atoms with E-state index in [4.69, 9.17) is 0 Å². The van der Waals surface area contributed by atoms with E-state index in [9.17, 15) is 9.59 Å². The molecule has 0 spiro atoms. The molecule has 6 heteroatoms. The third-order valence-corrected chi connectivity index (χ3v) is 3.30. The molecule has 17 heavy (non-hydrogen) atoms. The van der Waals surface area contributed by atoms with Crippen molar-refractivity contribution in [1.29, 1.82) is 0 Å². The zero-order chi connectivity index (χ0) is 13.1. The number of amides is 4. The zero-order valence-corrected chi connectivity index (χ0v) is 11.0. The highest BCUT2D eigenvalue weighted by atomic mass is 16.2. The Morgan fingerprint density at radius 3 is 2.41 bits per heavy atom. The third-order valence-electron chi connectivity index (χ3n) is 3.30. The summed E-state index contributed by atoms with van der Waals surface area (Å²) in [6, 6.07) is -0.113. The first-order chi connectivity index (χ1) is 7.91. The van der Waals surface area contributed by atoms with Gasteiger partial charge in [0.15, 0.2) is 0 Å². The number of rotatable bonds is 1. The van der Waals surface area contributed by atoms with Crippen LogP contribution in [0.2, 0.25) is 0 Å². The number of carbonyl (C=O) groups is 2. The number of nitrogens with zero attached hydrogens (tertiary/aromatic N) is 1. The molecular weight excluding hydrogens is 220 g/mol. The Morgan fingerprint density at radius 2 is 1.94 bits per heavy atom. The van der Waals surface area contributed by atoms with Crippen LogP contribution in [0.15, 0.2) is 0 Å². The van der Waals surface area contributed by atoms with Gasteiger partial charge >= 0.3 is 12.1 Å². The van der Waals surface area contributed by atoms with Gasteiger partial charge in [-0.15, -0.1) is 0 Å². The highest BCUT2D eigenvalue weighted by Gasteiger charge is 2.36. The lowest BCUT2D eigenvalue weighted by Gasteiger charge is -2.43. The van der Waals surface area contributed by atoms with Crippen LogP contribution in [-0.4, -0.2) is 49.2 Å². The zero-order valence-electron chi connectivity index (χ0n) is 11.0. The fourth-order valence-corrected chi connectivity index (χ4v) is 2.35. The Kier molecular flexibility index (Phi) is 4.20. The lowest BCUT2D eigenvalue weighted by molar-refractivity contribution is 0.116. The van der Waals surface area contributed by atoms with Crippen LogP contribution >= 0.6 is 0 Å². The van der Waals surface area contributed by atoms with Crippen molar-refractivity contribution in [3.63, 3.8) is 0 Å². The third kappa shape index (κ3) is 3.25. The lowest BCUT2D eigenvalue weighted by Crippen LogP contribution is -2.59. The molecule has 0 aromatic heterocycles. The van der Waals surface area contributed by atoms with E-state index in [1.54, 1.807) is 19.0 Å². The molecule has 0 saturated carbocycles. The van der Waals surface area contributed by atoms with Gasteiger partial charge in [-0.3, -0.25) is 0 Å². The van der Waals surface area contributed by atoms with E-state index >= 15 is 0 Å². The highest BCUT2D eigenvalue weighted by molar-refractivity contribution is 5.75. The fourth-order valence-electron chi connectivity index (χ4n) is 2.35. The molecule has 0 radical (unpaired) electrons. The van der Waals surface area contributed by atoms with Crippen LogP contribution in [0.1, 0.15) is 26.7 Å². The molecule has 1 rings (SSSR count). The van der Waals surface area contributed by atoms with Crippen molar-refractivity contribution in [3.05, 3.63) is 0 Å². The summed E-state index contributed by atoms with van der Waals surface area (Å²) in [6.45, 7) is 4.67. The predicted molar refractivity (Wildman–Crippen MR) is 65.9 cm³/mol. The topological polar surface area (TPSA) is 73.5 Å². The van der Waals surface area contributed by atoms with Crippen molar-refractivity contribution >= 4 is 12.1 Å². The van der Waals surface area contributed by atoms with E-state index in [1.807, 2.05) is 13.8 Å². The van der Waals surface area contributed by atoms with Crippen molar-refractivity contribution in [1.82, 2.24) is 20.9 Å². The summed E-state index contributed by atoms with van der Waals surface area (Å²) in [6.07, 6.45) is 1.52. The molecule has 1 aliphatic heterocycles. The Labute approximate surface area is 102 Å². The second-order valence-corrected chi connectivity index (χ2v) is 4.82. The smallest absolute Gasteiger partial charge is 0.317 e. The number of likely N-dealkylation sites (tertiary alicyclic amines) is 1. The first kappa shape index (κ1) is 13.6. The van der Waals surface area contributed by atoms with Gasteiger partial charge in [0.25, 0.3) is 0 Å². The summed E-state index contributed by atoms with van der Waals surface area (Å²) in [7, 11) is 3.23. The number of urea groups is 2. The monoisotopic (exact) mass is 242 g/mol. The quantitative estimate of drug-likeness (QED) is 0.626. The number of nitrogens with one attached hydrogen (secondary N) is 3. The number of hydrogen-bond donors (Lipinski definition) is 3. The van der Waals surface area contributed by atoms with E-state index in [1.165, 1.54) is 0 Å². The molecule has 4 amide bonds. The molecule has 1 heterocycles. The summed E-state index contributed by atoms with van der Waals surface area (Å²) >= 11 is 0. The van der Waals surface area contributed by atoms with Gasteiger partial charge in [0.05, 0.1) is 0 Å². The summed E-state index contributed by atoms with van der Waals surface area (Å²) in [5, 5.41) is 8.13. The first-order valence-electron chi connectivity index (χ1n) is 5.90. The van der Waals surface area contributed by atoms with Gasteiger partial charge in [0, 0.05) is 32.2 Å². The molecule has 1 fully saturated rings. The van der Waals surface area contributed by atoms with Crippen molar-refractivity contribution < 1.29 is 9.59 Å². The highest BCUT2D eigenvalue weighted by Crippen LogP contribution is 2.26. The molecule has 3 N–H and O–H groups in total. The predicted octanol–water partition coefficient (Wildman–Crippen LogP) is 0.498. The Morgan fingerprint density at radius 1 is 1.29 bits per heavy atom. The van der Waals surface area contributed by atoms with Crippen molar-refractivity contribution in [2.75, 3.05) is 20.6 Å². The van der Waals surface area contributed by atoms with Gasteiger partial charge in [-0.2, -0.15) is 0 Å². The average molecular weight is 242 g/mol. The summed E-state index contributed by atoms with van der Waals surface area (Å²) < 4.78 is 0. The Balaban J connectivity index is 2.62. The number of piperidine rings is 1. The molecule has 2 unspecified atom stereocenters. The molecule has 0 bridgehead atoms. The molecule has 6 nitrogen and oxygen atoms in total. The number of carbonyl (C=O) groups excluding carboxylic acids is 2. The van der Waals surface area contributed by atoms with Crippen LogP contribution < -0.4 is 16.0 Å².